The Balaban J connectivity index is 2.84. The summed E-state index contributed by atoms with van der Waals surface area (Å²) in [6, 6.07) is 4.29. The second kappa shape index (κ2) is 4.44. The molecule has 0 saturated heterocycles. The normalized spacial score (nSPS) is 12.8. The van der Waals surface area contributed by atoms with E-state index in [2.05, 4.69) is 0 Å². The first-order valence-electron chi connectivity index (χ1n) is 3.95. The van der Waals surface area contributed by atoms with Crippen molar-refractivity contribution < 1.29 is 9.50 Å². The van der Waals surface area contributed by atoms with Crippen LogP contribution in [0.25, 0.3) is 0 Å². The van der Waals surface area contributed by atoms with Gasteiger partial charge in [0, 0.05) is 6.04 Å². The van der Waals surface area contributed by atoms with Gasteiger partial charge in [0.05, 0.1) is 11.7 Å². The Hall–Kier alpha value is -0.800. The van der Waals surface area contributed by atoms with Gasteiger partial charge >= 0.3 is 0 Å². The molecule has 0 aliphatic rings. The summed E-state index contributed by atoms with van der Waals surface area (Å²) in [5, 5.41) is 9.35. The van der Waals surface area contributed by atoms with Crippen LogP contribution in [-0.2, 0) is 0 Å². The van der Waals surface area contributed by atoms with Crippen LogP contribution in [0.1, 0.15) is 18.0 Å². The summed E-state index contributed by atoms with van der Waals surface area (Å²) in [4.78, 5) is 0. The van der Waals surface area contributed by atoms with Crippen molar-refractivity contribution in [3.63, 3.8) is 0 Å². The SMILES string of the molecule is N[C@H](CCF)c1ccc(O)c(Cl)c1. The Labute approximate surface area is 81.1 Å². The zero-order valence-corrected chi connectivity index (χ0v) is 7.76. The van der Waals surface area contributed by atoms with Gasteiger partial charge in [-0.3, -0.25) is 4.39 Å². The number of phenols is 1. The number of hydrogen-bond donors (Lipinski definition) is 2. The minimum atomic E-state index is -0.459. The largest absolute Gasteiger partial charge is 0.506 e. The lowest BCUT2D eigenvalue weighted by Crippen LogP contribution is -2.10. The zero-order valence-electron chi connectivity index (χ0n) is 7.00. The quantitative estimate of drug-likeness (QED) is 0.793. The third-order valence-corrected chi connectivity index (χ3v) is 2.12. The van der Waals surface area contributed by atoms with Gasteiger partial charge in [0.1, 0.15) is 5.75 Å². The molecule has 0 bridgehead atoms. The zero-order chi connectivity index (χ0) is 9.84. The number of hydrogen-bond acceptors (Lipinski definition) is 2. The van der Waals surface area contributed by atoms with Crippen molar-refractivity contribution in [1.29, 1.82) is 0 Å². The van der Waals surface area contributed by atoms with Crippen LogP contribution >= 0.6 is 11.6 Å². The molecule has 0 unspecified atom stereocenters. The molecule has 1 aromatic rings. The molecule has 1 aromatic carbocycles. The third-order valence-electron chi connectivity index (χ3n) is 1.82. The lowest BCUT2D eigenvalue weighted by atomic mass is 10.1. The molecule has 0 amide bonds. The fraction of sp³-hybridized carbons (Fsp3) is 0.333. The Bertz CT molecular complexity index is 293. The minimum Gasteiger partial charge on any atom is -0.506 e. The molecule has 1 rings (SSSR count). The molecule has 4 heteroatoms. The van der Waals surface area contributed by atoms with Crippen LogP contribution in [0.2, 0.25) is 5.02 Å². The highest BCUT2D eigenvalue weighted by Crippen LogP contribution is 2.26. The molecule has 0 fully saturated rings. The van der Waals surface area contributed by atoms with Gasteiger partial charge in [-0.15, -0.1) is 0 Å². The molecular formula is C9H11ClFNO. The van der Waals surface area contributed by atoms with Gasteiger partial charge < -0.3 is 10.8 Å². The molecule has 2 nitrogen and oxygen atoms in total. The van der Waals surface area contributed by atoms with Gasteiger partial charge in [0.25, 0.3) is 0 Å². The van der Waals surface area contributed by atoms with Crippen molar-refractivity contribution in [2.45, 2.75) is 12.5 Å². The highest BCUT2D eigenvalue weighted by molar-refractivity contribution is 6.32. The van der Waals surface area contributed by atoms with Gasteiger partial charge in [0.15, 0.2) is 0 Å². The summed E-state index contributed by atoms with van der Waals surface area (Å²) < 4.78 is 11.9. The van der Waals surface area contributed by atoms with Gasteiger partial charge in [0.2, 0.25) is 0 Å². The predicted molar refractivity (Wildman–Crippen MR) is 50.6 cm³/mol. The molecule has 0 heterocycles. The molecule has 72 valence electrons. The number of benzene rings is 1. The molecule has 0 aliphatic carbocycles. The van der Waals surface area contributed by atoms with Crippen molar-refractivity contribution in [3.8, 4) is 5.75 Å². The summed E-state index contributed by atoms with van der Waals surface area (Å²) in [7, 11) is 0. The Morgan fingerprint density at radius 3 is 2.77 bits per heavy atom. The van der Waals surface area contributed by atoms with Gasteiger partial charge in [-0.05, 0) is 24.1 Å². The van der Waals surface area contributed by atoms with Crippen molar-refractivity contribution in [3.05, 3.63) is 28.8 Å². The molecule has 13 heavy (non-hydrogen) atoms. The van der Waals surface area contributed by atoms with E-state index < -0.39 is 6.67 Å². The number of alkyl halides is 1. The third kappa shape index (κ3) is 2.57. The Morgan fingerprint density at radius 2 is 2.23 bits per heavy atom. The smallest absolute Gasteiger partial charge is 0.134 e. The van der Waals surface area contributed by atoms with Gasteiger partial charge in [-0.25, -0.2) is 0 Å². The van der Waals surface area contributed by atoms with Crippen molar-refractivity contribution in [2.75, 3.05) is 6.67 Å². The summed E-state index contributed by atoms with van der Waals surface area (Å²) in [5.74, 6) is 0.0119. The predicted octanol–water partition coefficient (Wildman–Crippen LogP) is 2.41. The van der Waals surface area contributed by atoms with E-state index in [-0.39, 0.29) is 23.2 Å². The number of nitrogens with two attached hydrogens (primary N) is 1. The molecule has 0 aliphatic heterocycles. The number of rotatable bonds is 3. The summed E-state index contributed by atoms with van der Waals surface area (Å²) >= 11 is 5.66. The van der Waals surface area contributed by atoms with E-state index in [1.165, 1.54) is 6.07 Å². The van der Waals surface area contributed by atoms with E-state index in [1.54, 1.807) is 12.1 Å². The Kier molecular flexibility index (Phi) is 3.51. The van der Waals surface area contributed by atoms with Crippen LogP contribution in [0.5, 0.6) is 5.75 Å². The van der Waals surface area contributed by atoms with Crippen LogP contribution in [-0.4, -0.2) is 11.8 Å². The second-order valence-corrected chi connectivity index (χ2v) is 3.20. The standard InChI is InChI=1S/C9H11ClFNO/c10-7-5-6(1-2-9(7)13)8(12)3-4-11/h1-2,5,8,13H,3-4,12H2/t8-/m1/s1. The molecular weight excluding hydrogens is 193 g/mol. The van der Waals surface area contributed by atoms with E-state index in [0.29, 0.717) is 0 Å². The van der Waals surface area contributed by atoms with Crippen LogP contribution in [0.15, 0.2) is 18.2 Å². The van der Waals surface area contributed by atoms with Crippen molar-refractivity contribution in [2.24, 2.45) is 5.73 Å². The maximum atomic E-state index is 11.9. The average Bonchev–Trinajstić information content (AvgIpc) is 2.10. The summed E-state index contributed by atoms with van der Waals surface area (Å²) in [6.45, 7) is -0.459. The fourth-order valence-electron chi connectivity index (χ4n) is 1.04. The number of halogens is 2. The van der Waals surface area contributed by atoms with Crippen LogP contribution in [0.4, 0.5) is 4.39 Å². The molecule has 3 N–H and O–H groups in total. The first kappa shape index (κ1) is 10.3. The minimum absolute atomic E-state index is 0.0119. The summed E-state index contributed by atoms with van der Waals surface area (Å²) in [6.07, 6.45) is 0.265. The highest BCUT2D eigenvalue weighted by Gasteiger charge is 2.07. The highest BCUT2D eigenvalue weighted by atomic mass is 35.5. The number of phenolic OH excluding ortho intramolecular Hbond substituents is 1. The Morgan fingerprint density at radius 1 is 1.54 bits per heavy atom. The van der Waals surface area contributed by atoms with Crippen molar-refractivity contribution in [1.82, 2.24) is 0 Å². The van der Waals surface area contributed by atoms with Crippen LogP contribution in [0.3, 0.4) is 0 Å². The fourth-order valence-corrected chi connectivity index (χ4v) is 1.23. The maximum absolute atomic E-state index is 11.9. The van der Waals surface area contributed by atoms with E-state index in [0.717, 1.165) is 5.56 Å². The van der Waals surface area contributed by atoms with E-state index in [1.807, 2.05) is 0 Å². The first-order valence-corrected chi connectivity index (χ1v) is 4.33. The monoisotopic (exact) mass is 203 g/mol. The molecule has 0 aromatic heterocycles. The van der Waals surface area contributed by atoms with Crippen LogP contribution in [0, 0.1) is 0 Å². The van der Waals surface area contributed by atoms with E-state index in [4.69, 9.17) is 22.4 Å². The number of aromatic hydroxyl groups is 1. The van der Waals surface area contributed by atoms with E-state index >= 15 is 0 Å². The molecule has 1 atom stereocenters. The summed E-state index contributed by atoms with van der Waals surface area (Å²) in [5.41, 5.74) is 6.38. The topological polar surface area (TPSA) is 46.2 Å². The van der Waals surface area contributed by atoms with E-state index in [9.17, 15) is 4.39 Å². The lowest BCUT2D eigenvalue weighted by molar-refractivity contribution is 0.441. The molecule has 0 spiro atoms. The maximum Gasteiger partial charge on any atom is 0.134 e. The van der Waals surface area contributed by atoms with Crippen LogP contribution < -0.4 is 5.73 Å². The lowest BCUT2D eigenvalue weighted by Gasteiger charge is -2.10. The first-order chi connectivity index (χ1) is 6.15. The van der Waals surface area contributed by atoms with Gasteiger partial charge in [-0.2, -0.15) is 0 Å². The second-order valence-electron chi connectivity index (χ2n) is 2.79. The van der Waals surface area contributed by atoms with Crippen molar-refractivity contribution >= 4 is 11.6 Å². The molecule has 0 radical (unpaired) electrons. The average molecular weight is 204 g/mol. The molecule has 0 saturated carbocycles. The van der Waals surface area contributed by atoms with Gasteiger partial charge in [-0.1, -0.05) is 17.7 Å².